The maximum atomic E-state index is 13.8. The number of benzene rings is 2. The maximum Gasteiger partial charge on any atom is 0.222 e. The summed E-state index contributed by atoms with van der Waals surface area (Å²) in [5, 5.41) is 15.3. The zero-order chi connectivity index (χ0) is 24.6. The van der Waals surface area contributed by atoms with Gasteiger partial charge in [-0.05, 0) is 31.2 Å². The van der Waals surface area contributed by atoms with Gasteiger partial charge in [0.05, 0.1) is 31.1 Å². The molecule has 4 aromatic rings. The molecule has 0 bridgehead atoms. The van der Waals surface area contributed by atoms with Crippen LogP contribution in [-0.4, -0.2) is 45.6 Å². The van der Waals surface area contributed by atoms with Crippen LogP contribution in [0.5, 0.6) is 11.6 Å². The van der Waals surface area contributed by atoms with E-state index in [2.05, 4.69) is 4.90 Å². The highest BCUT2D eigenvalue weighted by Crippen LogP contribution is 2.34. The van der Waals surface area contributed by atoms with Gasteiger partial charge in [-0.3, -0.25) is 4.90 Å². The van der Waals surface area contributed by atoms with Crippen molar-refractivity contribution in [1.29, 1.82) is 0 Å². The minimum Gasteiger partial charge on any atom is -0.468 e. The van der Waals surface area contributed by atoms with Gasteiger partial charge in [0.15, 0.2) is 0 Å². The molecule has 0 unspecified atom stereocenters. The van der Waals surface area contributed by atoms with Gasteiger partial charge < -0.3 is 19.0 Å². The molecule has 0 saturated heterocycles. The van der Waals surface area contributed by atoms with Crippen LogP contribution in [0.25, 0.3) is 11.3 Å². The molecule has 0 aliphatic rings. The highest BCUT2D eigenvalue weighted by molar-refractivity contribution is 5.65. The zero-order valence-corrected chi connectivity index (χ0v) is 19.9. The van der Waals surface area contributed by atoms with E-state index < -0.39 is 6.10 Å². The van der Waals surface area contributed by atoms with E-state index in [1.807, 2.05) is 49.4 Å². The Morgan fingerprint density at radius 2 is 1.91 bits per heavy atom. The number of aliphatic hydroxyl groups excluding tert-OH is 1. The average molecular weight is 480 g/mol. The lowest BCUT2D eigenvalue weighted by atomic mass is 10.1. The molecule has 2 aromatic carbocycles. The quantitative estimate of drug-likeness (QED) is 0.308. The lowest BCUT2D eigenvalue weighted by Crippen LogP contribution is -2.34. The normalized spacial score (nSPS) is 12.3. The van der Waals surface area contributed by atoms with E-state index in [1.165, 1.54) is 12.1 Å². The predicted octanol–water partition coefficient (Wildman–Crippen LogP) is 5.01. The molecule has 8 heteroatoms. The molecule has 4 rings (SSSR count). The van der Waals surface area contributed by atoms with Crippen molar-refractivity contribution in [3.63, 3.8) is 0 Å². The third-order valence-electron chi connectivity index (χ3n) is 5.47. The Bertz CT molecular complexity index is 1190. The zero-order valence-electron chi connectivity index (χ0n) is 19.9. The highest BCUT2D eigenvalue weighted by Gasteiger charge is 2.24. The maximum absolute atomic E-state index is 13.8. The fraction of sp³-hybridized carbons (Fsp3) is 0.296. The Morgan fingerprint density at radius 1 is 1.09 bits per heavy atom. The van der Waals surface area contributed by atoms with E-state index in [1.54, 1.807) is 30.1 Å². The largest absolute Gasteiger partial charge is 0.468 e. The van der Waals surface area contributed by atoms with E-state index in [9.17, 15) is 9.50 Å². The number of furan rings is 1. The molecule has 2 aromatic heterocycles. The summed E-state index contributed by atoms with van der Waals surface area (Å²) in [6.07, 6.45) is 0.941. The predicted molar refractivity (Wildman–Crippen MR) is 130 cm³/mol. The number of aromatic nitrogens is 2. The molecular weight excluding hydrogens is 449 g/mol. The van der Waals surface area contributed by atoms with Crippen LogP contribution in [0.4, 0.5) is 4.39 Å². The monoisotopic (exact) mass is 479 g/mol. The first-order chi connectivity index (χ1) is 17.0. The van der Waals surface area contributed by atoms with Gasteiger partial charge in [-0.1, -0.05) is 36.4 Å². The molecule has 0 amide bonds. The molecule has 1 atom stereocenters. The number of rotatable bonds is 12. The Labute approximate surface area is 204 Å². The van der Waals surface area contributed by atoms with Crippen molar-refractivity contribution >= 4 is 0 Å². The van der Waals surface area contributed by atoms with Gasteiger partial charge in [0.1, 0.15) is 23.0 Å². The first kappa shape index (κ1) is 24.7. The molecule has 0 radical (unpaired) electrons. The second-order valence-corrected chi connectivity index (χ2v) is 8.24. The van der Waals surface area contributed by atoms with Gasteiger partial charge in [0, 0.05) is 38.4 Å². The first-order valence-corrected chi connectivity index (χ1v) is 11.6. The van der Waals surface area contributed by atoms with Crippen molar-refractivity contribution in [3.8, 4) is 22.9 Å². The molecule has 0 aliphatic carbocycles. The molecule has 184 valence electrons. The van der Waals surface area contributed by atoms with Crippen LogP contribution in [0.2, 0.25) is 0 Å². The third kappa shape index (κ3) is 6.57. The van der Waals surface area contributed by atoms with E-state index in [0.29, 0.717) is 37.9 Å². The summed E-state index contributed by atoms with van der Waals surface area (Å²) in [7, 11) is 1.80. The highest BCUT2D eigenvalue weighted by atomic mass is 19.1. The van der Waals surface area contributed by atoms with Gasteiger partial charge in [-0.15, -0.1) is 0 Å². The summed E-state index contributed by atoms with van der Waals surface area (Å²) in [4.78, 5) is 2.06. The van der Waals surface area contributed by atoms with Crippen molar-refractivity contribution in [2.45, 2.75) is 26.1 Å². The summed E-state index contributed by atoms with van der Waals surface area (Å²) in [5.41, 5.74) is 2.50. The number of hydrogen-bond donors (Lipinski definition) is 1. The van der Waals surface area contributed by atoms with Crippen LogP contribution in [0.1, 0.15) is 18.2 Å². The molecule has 1 N–H and O–H groups in total. The van der Waals surface area contributed by atoms with Crippen LogP contribution < -0.4 is 4.74 Å². The second kappa shape index (κ2) is 11.8. The van der Waals surface area contributed by atoms with Gasteiger partial charge in [-0.25, -0.2) is 9.07 Å². The van der Waals surface area contributed by atoms with Crippen molar-refractivity contribution in [1.82, 2.24) is 14.7 Å². The minimum atomic E-state index is -0.686. The fourth-order valence-electron chi connectivity index (χ4n) is 3.93. The molecule has 0 aliphatic heterocycles. The number of nitrogens with zero attached hydrogens (tertiary/aromatic N) is 3. The van der Waals surface area contributed by atoms with E-state index in [-0.39, 0.29) is 12.4 Å². The molecular formula is C27H30FN3O4. The Hall–Kier alpha value is -3.46. The van der Waals surface area contributed by atoms with E-state index >= 15 is 0 Å². The number of ether oxygens (including phenoxy) is 2. The molecule has 7 nitrogen and oxygen atoms in total. The van der Waals surface area contributed by atoms with E-state index in [4.69, 9.17) is 19.0 Å². The molecule has 2 heterocycles. The van der Waals surface area contributed by atoms with Crippen molar-refractivity contribution in [3.05, 3.63) is 90.1 Å². The number of hydrogen-bond acceptors (Lipinski definition) is 6. The van der Waals surface area contributed by atoms with Crippen LogP contribution in [0, 0.1) is 5.82 Å². The summed E-state index contributed by atoms with van der Waals surface area (Å²) in [6, 6.07) is 19.6. The fourth-order valence-corrected chi connectivity index (χ4v) is 3.93. The van der Waals surface area contributed by atoms with Crippen molar-refractivity contribution in [2.75, 3.05) is 19.8 Å². The van der Waals surface area contributed by atoms with Crippen LogP contribution in [0.3, 0.4) is 0 Å². The summed E-state index contributed by atoms with van der Waals surface area (Å²) < 4.78 is 32.6. The third-order valence-corrected chi connectivity index (χ3v) is 5.47. The number of aliphatic hydroxyl groups is 1. The summed E-state index contributed by atoms with van der Waals surface area (Å²) in [6.45, 7) is 3.89. The lowest BCUT2D eigenvalue weighted by Gasteiger charge is -2.24. The Balaban J connectivity index is 1.70. The smallest absolute Gasteiger partial charge is 0.222 e. The topological polar surface area (TPSA) is 72.9 Å². The minimum absolute atomic E-state index is 0.233. The van der Waals surface area contributed by atoms with Crippen molar-refractivity contribution in [2.24, 2.45) is 7.05 Å². The van der Waals surface area contributed by atoms with Crippen LogP contribution in [-0.2, 0) is 24.9 Å². The van der Waals surface area contributed by atoms with E-state index in [0.717, 1.165) is 22.6 Å². The van der Waals surface area contributed by atoms with Crippen LogP contribution >= 0.6 is 0 Å². The first-order valence-electron chi connectivity index (χ1n) is 11.6. The second-order valence-electron chi connectivity index (χ2n) is 8.24. The summed E-state index contributed by atoms with van der Waals surface area (Å²) >= 11 is 0. The van der Waals surface area contributed by atoms with Crippen LogP contribution in [0.15, 0.2) is 77.4 Å². The standard InChI is InChI=1S/C27H30FN3O4/c1-3-33-19-22(32)16-31(17-24-13-8-14-34-24)18-25-26(20-9-5-4-6-10-20)29-30(2)27(25)35-23-12-7-11-21(28)15-23/h4-15,22,32H,3,16-19H2,1-2H3/t22-/m1/s1. The average Bonchev–Trinajstić information content (AvgIpc) is 3.47. The molecule has 0 spiro atoms. The molecule has 0 saturated carbocycles. The summed E-state index contributed by atoms with van der Waals surface area (Å²) in [5.74, 6) is 1.26. The molecule has 35 heavy (non-hydrogen) atoms. The van der Waals surface area contributed by atoms with Gasteiger partial charge in [-0.2, -0.15) is 5.10 Å². The SMILES string of the molecule is CCOC[C@H](O)CN(Cc1ccco1)Cc1c(-c2ccccc2)nn(C)c1Oc1cccc(F)c1. The number of halogens is 1. The van der Waals surface area contributed by atoms with Gasteiger partial charge in [0.2, 0.25) is 5.88 Å². The Kier molecular flexibility index (Phi) is 8.31. The lowest BCUT2D eigenvalue weighted by molar-refractivity contribution is 0.0167. The van der Waals surface area contributed by atoms with Crippen molar-refractivity contribution < 1.29 is 23.4 Å². The molecule has 0 fully saturated rings. The van der Waals surface area contributed by atoms with Gasteiger partial charge >= 0.3 is 0 Å². The van der Waals surface area contributed by atoms with Gasteiger partial charge in [0.25, 0.3) is 0 Å². The number of aryl methyl sites for hydroxylation is 1. The Morgan fingerprint density at radius 3 is 2.63 bits per heavy atom.